The molecule has 0 amide bonds. The summed E-state index contributed by atoms with van der Waals surface area (Å²) in [5.41, 5.74) is 0.934. The van der Waals surface area contributed by atoms with Gasteiger partial charge in [-0.2, -0.15) is 0 Å². The van der Waals surface area contributed by atoms with Gasteiger partial charge in [-0.15, -0.1) is 0 Å². The fraction of sp³-hybridized carbons (Fsp3) is 0.0833. The zero-order valence-corrected chi connectivity index (χ0v) is 8.27. The molecule has 0 bridgehead atoms. The van der Waals surface area contributed by atoms with Crippen LogP contribution in [0.15, 0.2) is 42.2 Å². The largest absolute Gasteiger partial charge is 0.497 e. The number of benzene rings is 1. The van der Waals surface area contributed by atoms with Crippen LogP contribution in [0.4, 0.5) is 0 Å². The first-order chi connectivity index (χ1) is 7.28. The molecular formula is C12H10O3. The maximum Gasteiger partial charge on any atom is 0.336 e. The number of hydrogen-bond acceptors (Lipinski definition) is 3. The first kappa shape index (κ1) is 9.52. The van der Waals surface area contributed by atoms with E-state index in [1.807, 2.05) is 24.3 Å². The highest BCUT2D eigenvalue weighted by Crippen LogP contribution is 2.18. The summed E-state index contributed by atoms with van der Waals surface area (Å²) < 4.78 is 9.99. The van der Waals surface area contributed by atoms with Gasteiger partial charge in [0.15, 0.2) is 0 Å². The number of hydrogen-bond donors (Lipinski definition) is 0. The monoisotopic (exact) mass is 202 g/mol. The van der Waals surface area contributed by atoms with Gasteiger partial charge >= 0.3 is 5.97 Å². The zero-order chi connectivity index (χ0) is 10.7. The number of ether oxygens (including phenoxy) is 2. The van der Waals surface area contributed by atoms with E-state index in [9.17, 15) is 4.79 Å². The van der Waals surface area contributed by atoms with Crippen molar-refractivity contribution in [1.29, 1.82) is 0 Å². The predicted octanol–water partition coefficient (Wildman–Crippen LogP) is 2.15. The third kappa shape index (κ3) is 2.26. The molecule has 0 saturated heterocycles. The van der Waals surface area contributed by atoms with Gasteiger partial charge in [-0.3, -0.25) is 0 Å². The molecule has 0 N–H and O–H groups in total. The third-order valence-corrected chi connectivity index (χ3v) is 2.00. The molecule has 1 aromatic rings. The van der Waals surface area contributed by atoms with Crippen LogP contribution in [0, 0.1) is 0 Å². The summed E-state index contributed by atoms with van der Waals surface area (Å²) >= 11 is 0. The summed E-state index contributed by atoms with van der Waals surface area (Å²) in [6, 6.07) is 7.52. The summed E-state index contributed by atoms with van der Waals surface area (Å²) in [6.45, 7) is 0. The molecule has 2 rings (SSSR count). The van der Waals surface area contributed by atoms with Crippen molar-refractivity contribution in [3.05, 3.63) is 47.7 Å². The van der Waals surface area contributed by atoms with E-state index in [2.05, 4.69) is 0 Å². The van der Waals surface area contributed by atoms with Crippen molar-refractivity contribution in [2.75, 3.05) is 7.11 Å². The van der Waals surface area contributed by atoms with Gasteiger partial charge in [-0.25, -0.2) is 4.79 Å². The average Bonchev–Trinajstić information content (AvgIpc) is 2.64. The van der Waals surface area contributed by atoms with Crippen LogP contribution in [-0.2, 0) is 9.53 Å². The molecule has 0 saturated carbocycles. The topological polar surface area (TPSA) is 35.5 Å². The number of rotatable bonds is 2. The lowest BCUT2D eigenvalue weighted by Crippen LogP contribution is -1.90. The summed E-state index contributed by atoms with van der Waals surface area (Å²) in [5.74, 6) is 0.995. The molecule has 0 aliphatic carbocycles. The van der Waals surface area contributed by atoms with Gasteiger partial charge in [0, 0.05) is 6.08 Å². The quantitative estimate of drug-likeness (QED) is 0.689. The zero-order valence-electron chi connectivity index (χ0n) is 8.27. The van der Waals surface area contributed by atoms with Crippen LogP contribution in [0.1, 0.15) is 5.56 Å². The Kier molecular flexibility index (Phi) is 2.54. The van der Waals surface area contributed by atoms with Crippen LogP contribution in [0.5, 0.6) is 5.75 Å². The Hall–Kier alpha value is -2.03. The lowest BCUT2D eigenvalue weighted by atomic mass is 10.2. The molecule has 1 aliphatic rings. The molecular weight excluding hydrogens is 192 g/mol. The van der Waals surface area contributed by atoms with Crippen LogP contribution in [0.3, 0.4) is 0 Å². The van der Waals surface area contributed by atoms with E-state index < -0.39 is 0 Å². The standard InChI is InChI=1S/C12H10O3/c1-14-10-4-2-3-9(7-10)8-11-5-6-12(13)15-11/h2-8H,1H3/b11-8-. The van der Waals surface area contributed by atoms with Crippen molar-refractivity contribution in [3.8, 4) is 5.75 Å². The second-order valence-electron chi connectivity index (χ2n) is 3.08. The Labute approximate surface area is 87.6 Å². The molecule has 0 spiro atoms. The summed E-state index contributed by atoms with van der Waals surface area (Å²) in [5, 5.41) is 0. The van der Waals surface area contributed by atoms with Gasteiger partial charge in [0.2, 0.25) is 0 Å². The Morgan fingerprint density at radius 1 is 1.33 bits per heavy atom. The van der Waals surface area contributed by atoms with E-state index in [0.29, 0.717) is 5.76 Å². The van der Waals surface area contributed by atoms with Gasteiger partial charge < -0.3 is 9.47 Å². The molecule has 1 aromatic carbocycles. The van der Waals surface area contributed by atoms with E-state index in [1.54, 1.807) is 19.3 Å². The highest BCUT2D eigenvalue weighted by atomic mass is 16.5. The van der Waals surface area contributed by atoms with Gasteiger partial charge in [0.05, 0.1) is 7.11 Å². The normalized spacial score (nSPS) is 16.9. The second-order valence-corrected chi connectivity index (χ2v) is 3.08. The fourth-order valence-corrected chi connectivity index (χ4v) is 1.31. The van der Waals surface area contributed by atoms with Crippen molar-refractivity contribution in [3.63, 3.8) is 0 Å². The Bertz CT molecular complexity index is 444. The molecule has 1 heterocycles. The van der Waals surface area contributed by atoms with Crippen molar-refractivity contribution >= 4 is 12.0 Å². The number of esters is 1. The Morgan fingerprint density at radius 2 is 2.20 bits per heavy atom. The van der Waals surface area contributed by atoms with E-state index in [1.165, 1.54) is 6.08 Å². The van der Waals surface area contributed by atoms with Gasteiger partial charge in [-0.05, 0) is 29.8 Å². The maximum absolute atomic E-state index is 10.8. The third-order valence-electron chi connectivity index (χ3n) is 2.00. The van der Waals surface area contributed by atoms with Crippen LogP contribution in [-0.4, -0.2) is 13.1 Å². The van der Waals surface area contributed by atoms with Gasteiger partial charge in [0.1, 0.15) is 11.5 Å². The van der Waals surface area contributed by atoms with Crippen LogP contribution < -0.4 is 4.74 Å². The van der Waals surface area contributed by atoms with Crippen LogP contribution >= 0.6 is 0 Å². The smallest absolute Gasteiger partial charge is 0.336 e. The summed E-state index contributed by atoms with van der Waals surface area (Å²) in [4.78, 5) is 10.8. The molecule has 76 valence electrons. The first-order valence-corrected chi connectivity index (χ1v) is 4.53. The minimum atomic E-state index is -0.329. The number of allylic oxidation sites excluding steroid dienone is 1. The molecule has 0 atom stereocenters. The number of cyclic esters (lactones) is 1. The summed E-state index contributed by atoms with van der Waals surface area (Å²) in [7, 11) is 1.61. The SMILES string of the molecule is COc1cccc(/C=C2/C=CC(=O)O2)c1. The lowest BCUT2D eigenvalue weighted by Gasteiger charge is -2.01. The molecule has 15 heavy (non-hydrogen) atoms. The Balaban J connectivity index is 2.24. The minimum Gasteiger partial charge on any atom is -0.497 e. The fourth-order valence-electron chi connectivity index (χ4n) is 1.31. The molecule has 0 aromatic heterocycles. The molecule has 3 heteroatoms. The highest BCUT2D eigenvalue weighted by molar-refractivity contribution is 5.87. The van der Waals surface area contributed by atoms with Crippen molar-refractivity contribution < 1.29 is 14.3 Å². The average molecular weight is 202 g/mol. The van der Waals surface area contributed by atoms with Gasteiger partial charge in [0.25, 0.3) is 0 Å². The Morgan fingerprint density at radius 3 is 2.87 bits per heavy atom. The minimum absolute atomic E-state index is 0.329. The van der Waals surface area contributed by atoms with Crippen molar-refractivity contribution in [2.24, 2.45) is 0 Å². The molecule has 3 nitrogen and oxygen atoms in total. The lowest BCUT2D eigenvalue weighted by molar-refractivity contribution is -0.132. The highest BCUT2D eigenvalue weighted by Gasteiger charge is 2.08. The second kappa shape index (κ2) is 4.00. The van der Waals surface area contributed by atoms with Gasteiger partial charge in [-0.1, -0.05) is 12.1 Å². The number of methoxy groups -OCH3 is 1. The van der Waals surface area contributed by atoms with Crippen molar-refractivity contribution in [2.45, 2.75) is 0 Å². The summed E-state index contributed by atoms with van der Waals surface area (Å²) in [6.07, 6.45) is 4.82. The number of carbonyl (C=O) groups excluding carboxylic acids is 1. The van der Waals surface area contributed by atoms with Crippen LogP contribution in [0.25, 0.3) is 6.08 Å². The predicted molar refractivity (Wildman–Crippen MR) is 56.2 cm³/mol. The van der Waals surface area contributed by atoms with Crippen LogP contribution in [0.2, 0.25) is 0 Å². The van der Waals surface area contributed by atoms with E-state index in [4.69, 9.17) is 9.47 Å². The first-order valence-electron chi connectivity index (χ1n) is 4.53. The molecule has 1 aliphatic heterocycles. The molecule has 0 fully saturated rings. The van der Waals surface area contributed by atoms with Crippen molar-refractivity contribution in [1.82, 2.24) is 0 Å². The molecule has 0 radical (unpaired) electrons. The van der Waals surface area contributed by atoms with E-state index in [-0.39, 0.29) is 5.97 Å². The molecule has 0 unspecified atom stereocenters. The maximum atomic E-state index is 10.8. The number of carbonyl (C=O) groups is 1. The van der Waals surface area contributed by atoms with E-state index >= 15 is 0 Å². The van der Waals surface area contributed by atoms with E-state index in [0.717, 1.165) is 11.3 Å².